The number of hydrogen-bond acceptors (Lipinski definition) is 3. The van der Waals surface area contributed by atoms with E-state index < -0.39 is 5.97 Å². The summed E-state index contributed by atoms with van der Waals surface area (Å²) in [5, 5.41) is 14.7. The molecule has 0 spiro atoms. The molecule has 4 rings (SSSR count). The summed E-state index contributed by atoms with van der Waals surface area (Å²) in [5.74, 6) is -1.09. The minimum absolute atomic E-state index is 0.0502. The second-order valence-electron chi connectivity index (χ2n) is 7.15. The molecule has 28 heavy (non-hydrogen) atoms. The Kier molecular flexibility index (Phi) is 5.33. The summed E-state index contributed by atoms with van der Waals surface area (Å²) in [6.07, 6.45) is 3.13. The number of nitrogens with one attached hydrogen (secondary N) is 1. The molecule has 144 valence electrons. The molecule has 1 aliphatic rings. The van der Waals surface area contributed by atoms with Crippen molar-refractivity contribution >= 4 is 32.7 Å². The minimum Gasteiger partial charge on any atom is -0.477 e. The molecule has 2 heterocycles. The SMILES string of the molecule is O=C(O)c1c(-c2ccccc2)c2cc(Br)ccc2c(=O)n1CC1CCCCN1. The van der Waals surface area contributed by atoms with Gasteiger partial charge in [-0.3, -0.25) is 9.36 Å². The van der Waals surface area contributed by atoms with E-state index in [2.05, 4.69) is 21.2 Å². The lowest BCUT2D eigenvalue weighted by Gasteiger charge is -2.26. The zero-order valence-corrected chi connectivity index (χ0v) is 16.9. The van der Waals surface area contributed by atoms with E-state index in [0.29, 0.717) is 22.9 Å². The first-order valence-corrected chi connectivity index (χ1v) is 10.2. The average Bonchev–Trinajstić information content (AvgIpc) is 2.71. The van der Waals surface area contributed by atoms with E-state index in [4.69, 9.17) is 0 Å². The van der Waals surface area contributed by atoms with Gasteiger partial charge in [0.15, 0.2) is 0 Å². The van der Waals surface area contributed by atoms with E-state index in [1.807, 2.05) is 42.5 Å². The van der Waals surface area contributed by atoms with Gasteiger partial charge in [-0.1, -0.05) is 52.7 Å². The molecule has 5 nitrogen and oxygen atoms in total. The normalized spacial score (nSPS) is 17.0. The predicted octanol–water partition coefficient (Wildman–Crippen LogP) is 4.27. The number of aromatic nitrogens is 1. The highest BCUT2D eigenvalue weighted by Crippen LogP contribution is 2.32. The summed E-state index contributed by atoms with van der Waals surface area (Å²) < 4.78 is 2.25. The molecule has 2 aromatic carbocycles. The number of hydrogen-bond donors (Lipinski definition) is 2. The molecule has 1 saturated heterocycles. The minimum atomic E-state index is -1.09. The first-order chi connectivity index (χ1) is 13.6. The Bertz CT molecular complexity index is 1090. The number of aromatic carboxylic acids is 1. The summed E-state index contributed by atoms with van der Waals surface area (Å²) >= 11 is 3.46. The predicted molar refractivity (Wildman–Crippen MR) is 114 cm³/mol. The zero-order chi connectivity index (χ0) is 19.7. The number of pyridine rings is 1. The Morgan fingerprint density at radius 1 is 1.14 bits per heavy atom. The fourth-order valence-corrected chi connectivity index (χ4v) is 4.37. The van der Waals surface area contributed by atoms with Crippen LogP contribution in [0.5, 0.6) is 0 Å². The zero-order valence-electron chi connectivity index (χ0n) is 15.3. The van der Waals surface area contributed by atoms with Crippen LogP contribution in [0.4, 0.5) is 0 Å². The van der Waals surface area contributed by atoms with Gasteiger partial charge in [-0.2, -0.15) is 0 Å². The third kappa shape index (κ3) is 3.50. The van der Waals surface area contributed by atoms with Crippen LogP contribution in [0.25, 0.3) is 21.9 Å². The topological polar surface area (TPSA) is 71.3 Å². The maximum Gasteiger partial charge on any atom is 0.353 e. The largest absolute Gasteiger partial charge is 0.477 e. The molecule has 0 radical (unpaired) electrons. The first-order valence-electron chi connectivity index (χ1n) is 9.44. The van der Waals surface area contributed by atoms with Gasteiger partial charge in [0, 0.05) is 28.0 Å². The summed E-state index contributed by atoms with van der Waals surface area (Å²) in [7, 11) is 0. The first kappa shape index (κ1) is 18.9. The van der Waals surface area contributed by atoms with E-state index in [1.54, 1.807) is 6.07 Å². The van der Waals surface area contributed by atoms with Gasteiger partial charge < -0.3 is 10.4 Å². The molecule has 1 atom stereocenters. The monoisotopic (exact) mass is 440 g/mol. The van der Waals surface area contributed by atoms with Crippen LogP contribution < -0.4 is 10.9 Å². The van der Waals surface area contributed by atoms with Crippen LogP contribution in [0.15, 0.2) is 57.8 Å². The number of carboxylic acid groups (broad SMARTS) is 1. The van der Waals surface area contributed by atoms with Gasteiger partial charge in [-0.05, 0) is 48.5 Å². The van der Waals surface area contributed by atoms with Crippen LogP contribution >= 0.6 is 15.9 Å². The van der Waals surface area contributed by atoms with Gasteiger partial charge >= 0.3 is 5.97 Å². The van der Waals surface area contributed by atoms with Gasteiger partial charge in [0.2, 0.25) is 0 Å². The number of carboxylic acids is 1. The third-order valence-corrected chi connectivity index (χ3v) is 5.81. The molecule has 1 aromatic heterocycles. The van der Waals surface area contributed by atoms with Crippen molar-refractivity contribution in [2.75, 3.05) is 6.54 Å². The molecule has 6 heteroatoms. The van der Waals surface area contributed by atoms with Crippen molar-refractivity contribution in [3.63, 3.8) is 0 Å². The maximum atomic E-state index is 13.3. The van der Waals surface area contributed by atoms with E-state index in [-0.39, 0.29) is 17.3 Å². The van der Waals surface area contributed by atoms with Gasteiger partial charge in [0.25, 0.3) is 5.56 Å². The van der Waals surface area contributed by atoms with E-state index in [9.17, 15) is 14.7 Å². The van der Waals surface area contributed by atoms with Crippen molar-refractivity contribution in [2.45, 2.75) is 31.8 Å². The molecule has 0 bridgehead atoms. The van der Waals surface area contributed by atoms with Gasteiger partial charge in [-0.15, -0.1) is 0 Å². The van der Waals surface area contributed by atoms with E-state index in [1.165, 1.54) is 4.57 Å². The number of rotatable bonds is 4. The molecule has 0 saturated carbocycles. The highest BCUT2D eigenvalue weighted by atomic mass is 79.9. The van der Waals surface area contributed by atoms with Crippen LogP contribution in [-0.2, 0) is 6.54 Å². The molecule has 1 fully saturated rings. The Labute approximate surface area is 171 Å². The number of piperidine rings is 1. The van der Waals surface area contributed by atoms with Crippen LogP contribution in [0.3, 0.4) is 0 Å². The van der Waals surface area contributed by atoms with Crippen LogP contribution in [0, 0.1) is 0 Å². The molecule has 0 aliphatic carbocycles. The summed E-state index contributed by atoms with van der Waals surface area (Å²) in [6.45, 7) is 1.25. The van der Waals surface area contributed by atoms with Crippen molar-refractivity contribution in [3.8, 4) is 11.1 Å². The Hall–Kier alpha value is -2.44. The van der Waals surface area contributed by atoms with E-state index in [0.717, 1.165) is 35.8 Å². The number of carbonyl (C=O) groups is 1. The molecule has 3 aromatic rings. The fraction of sp³-hybridized carbons (Fsp3) is 0.273. The second kappa shape index (κ2) is 7.89. The lowest BCUT2D eigenvalue weighted by Crippen LogP contribution is -2.41. The van der Waals surface area contributed by atoms with Gasteiger partial charge in [0.05, 0.1) is 0 Å². The molecule has 2 N–H and O–H groups in total. The highest BCUT2D eigenvalue weighted by Gasteiger charge is 2.25. The Morgan fingerprint density at radius 2 is 1.93 bits per heavy atom. The quantitative estimate of drug-likeness (QED) is 0.635. The standard InChI is InChI=1S/C22H21BrN2O3/c23-15-9-10-17-18(12-15)19(14-6-2-1-3-7-14)20(22(27)28)25(21(17)26)13-16-8-4-5-11-24-16/h1-3,6-7,9-10,12,16,24H,4-5,8,11,13H2,(H,27,28). The number of fused-ring (bicyclic) bond motifs is 1. The highest BCUT2D eigenvalue weighted by molar-refractivity contribution is 9.10. The maximum absolute atomic E-state index is 13.3. The van der Waals surface area contributed by atoms with Crippen LogP contribution in [0.1, 0.15) is 29.8 Å². The Balaban J connectivity index is 2.04. The smallest absolute Gasteiger partial charge is 0.353 e. The van der Waals surface area contributed by atoms with Crippen LogP contribution in [-0.4, -0.2) is 28.2 Å². The fourth-order valence-electron chi connectivity index (χ4n) is 4.01. The number of halogens is 1. The van der Waals surface area contributed by atoms with Gasteiger partial charge in [-0.25, -0.2) is 4.79 Å². The third-order valence-electron chi connectivity index (χ3n) is 5.31. The van der Waals surface area contributed by atoms with Crippen LogP contribution in [0.2, 0.25) is 0 Å². The van der Waals surface area contributed by atoms with Crippen molar-refractivity contribution in [1.82, 2.24) is 9.88 Å². The summed E-state index contributed by atoms with van der Waals surface area (Å²) in [6, 6.07) is 14.9. The van der Waals surface area contributed by atoms with Crippen molar-refractivity contribution in [3.05, 3.63) is 69.1 Å². The lowest BCUT2D eigenvalue weighted by atomic mass is 9.96. The molecular formula is C22H21BrN2O3. The average molecular weight is 441 g/mol. The van der Waals surface area contributed by atoms with Gasteiger partial charge in [0.1, 0.15) is 5.69 Å². The van der Waals surface area contributed by atoms with E-state index >= 15 is 0 Å². The number of nitrogens with zero attached hydrogens (tertiary/aromatic N) is 1. The van der Waals surface area contributed by atoms with Crippen molar-refractivity contribution in [1.29, 1.82) is 0 Å². The molecule has 1 aliphatic heterocycles. The second-order valence-corrected chi connectivity index (χ2v) is 8.06. The summed E-state index contributed by atoms with van der Waals surface area (Å²) in [4.78, 5) is 25.6. The Morgan fingerprint density at radius 3 is 2.61 bits per heavy atom. The molecule has 0 amide bonds. The number of benzene rings is 2. The summed E-state index contributed by atoms with van der Waals surface area (Å²) in [5.41, 5.74) is 1.16. The van der Waals surface area contributed by atoms with Crippen molar-refractivity contribution < 1.29 is 9.90 Å². The lowest BCUT2D eigenvalue weighted by molar-refractivity contribution is 0.0683. The van der Waals surface area contributed by atoms with Crippen molar-refractivity contribution in [2.24, 2.45) is 0 Å². The molecular weight excluding hydrogens is 420 g/mol. The molecule has 1 unspecified atom stereocenters.